The van der Waals surface area contributed by atoms with Crippen LogP contribution in [-0.4, -0.2) is 42.6 Å². The Labute approximate surface area is 126 Å². The normalized spacial score (nSPS) is 26.2. The quantitative estimate of drug-likeness (QED) is 0.450. The summed E-state index contributed by atoms with van der Waals surface area (Å²) < 4.78 is 26.2. The van der Waals surface area contributed by atoms with Crippen LogP contribution in [0, 0.1) is 0 Å². The van der Waals surface area contributed by atoms with Crippen LogP contribution in [0.2, 0.25) is 0 Å². The topological polar surface area (TPSA) is 183 Å². The number of nitrogens with one attached hydrogen (secondary N) is 1. The highest BCUT2D eigenvalue weighted by Gasteiger charge is 2.43. The maximum atomic E-state index is 11.8. The van der Waals surface area contributed by atoms with E-state index in [2.05, 4.69) is 24.5 Å². The Balaban J connectivity index is 1.95. The summed E-state index contributed by atoms with van der Waals surface area (Å²) >= 11 is 0. The fraction of sp³-hybridized carbons (Fsp3) is 0.200. The molecule has 12 nitrogen and oxygen atoms in total. The van der Waals surface area contributed by atoms with Gasteiger partial charge in [-0.05, 0) is 0 Å². The van der Waals surface area contributed by atoms with Gasteiger partial charge in [-0.2, -0.15) is 9.97 Å². The molecular formula is C10H8N5O7P. The van der Waals surface area contributed by atoms with Crippen molar-refractivity contribution in [3.05, 3.63) is 21.8 Å². The minimum atomic E-state index is -4.33. The molecular weight excluding hydrogens is 333 g/mol. The Morgan fingerprint density at radius 3 is 2.91 bits per heavy atom. The van der Waals surface area contributed by atoms with E-state index in [9.17, 15) is 19.4 Å². The van der Waals surface area contributed by atoms with Crippen LogP contribution in [-0.2, 0) is 13.6 Å². The highest BCUT2D eigenvalue weighted by atomic mass is 31.2. The summed E-state index contributed by atoms with van der Waals surface area (Å²) in [5.41, 5.74) is 4.28. The number of aliphatic hydroxyl groups is 1. The maximum Gasteiger partial charge on any atom is 0.527 e. The molecule has 2 aromatic heterocycles. The van der Waals surface area contributed by atoms with Crippen LogP contribution < -0.4 is 16.0 Å². The average Bonchev–Trinajstić information content (AvgIpc) is 2.46. The minimum absolute atomic E-state index is 0.0771. The Morgan fingerprint density at radius 1 is 1.35 bits per heavy atom. The van der Waals surface area contributed by atoms with E-state index in [0.29, 0.717) is 0 Å². The highest BCUT2D eigenvalue weighted by Crippen LogP contribution is 2.52. The number of H-pyrrole nitrogens is 1. The van der Waals surface area contributed by atoms with E-state index in [0.717, 1.165) is 0 Å². The molecule has 0 aliphatic carbocycles. The summed E-state index contributed by atoms with van der Waals surface area (Å²) in [6, 6.07) is 0. The molecule has 4 heterocycles. The summed E-state index contributed by atoms with van der Waals surface area (Å²) in [7, 11) is -4.33. The second-order valence-corrected chi connectivity index (χ2v) is 6.05. The van der Waals surface area contributed by atoms with Crippen molar-refractivity contribution in [1.29, 1.82) is 0 Å². The maximum absolute atomic E-state index is 11.8. The number of fused-ring (bicyclic) bond motifs is 3. The number of ether oxygens (including phenoxy) is 1. The highest BCUT2D eigenvalue weighted by molar-refractivity contribution is 7.47. The Morgan fingerprint density at radius 2 is 2.13 bits per heavy atom. The second kappa shape index (κ2) is 4.41. The van der Waals surface area contributed by atoms with Crippen LogP contribution in [0.5, 0.6) is 5.88 Å². The first-order chi connectivity index (χ1) is 10.8. The smallest absolute Gasteiger partial charge is 0.503 e. The zero-order valence-corrected chi connectivity index (χ0v) is 12.0. The third kappa shape index (κ3) is 2.11. The molecule has 0 amide bonds. The van der Waals surface area contributed by atoms with Gasteiger partial charge in [-0.25, -0.2) is 9.55 Å². The van der Waals surface area contributed by atoms with Crippen molar-refractivity contribution in [2.45, 2.75) is 6.10 Å². The van der Waals surface area contributed by atoms with Crippen LogP contribution >= 0.6 is 7.82 Å². The molecule has 0 saturated carbocycles. The molecule has 2 atom stereocenters. The summed E-state index contributed by atoms with van der Waals surface area (Å²) in [5.74, 6) is -1.18. The monoisotopic (exact) mass is 341 g/mol. The average molecular weight is 341 g/mol. The summed E-state index contributed by atoms with van der Waals surface area (Å²) in [5, 5.41) is 10.2. The standard InChI is InChI=1S/C10H8N5O7P/c11-10-14-7-4(8(17)15-10)12-3-5(16)6-2(21-9(3)13-7)1-20-23(18,19)22-6/h2,16H,1H2,(H,18,19)(H3,11,13,14,15,17). The van der Waals surface area contributed by atoms with Gasteiger partial charge in [0.1, 0.15) is 6.61 Å². The van der Waals surface area contributed by atoms with Crippen LogP contribution in [0.4, 0.5) is 5.95 Å². The third-order valence-corrected chi connectivity index (χ3v) is 4.04. The van der Waals surface area contributed by atoms with Gasteiger partial charge in [0, 0.05) is 0 Å². The molecule has 0 bridgehead atoms. The van der Waals surface area contributed by atoms with E-state index in [-0.39, 0.29) is 41.1 Å². The lowest BCUT2D eigenvalue weighted by molar-refractivity contribution is 0.0413. The Hall–Kier alpha value is -2.69. The molecule has 23 heavy (non-hydrogen) atoms. The molecule has 0 aromatic carbocycles. The second-order valence-electron chi connectivity index (χ2n) is 4.68. The number of rotatable bonds is 0. The number of aromatic amines is 1. The number of aliphatic hydroxyl groups excluding tert-OH is 1. The van der Waals surface area contributed by atoms with Crippen LogP contribution in [0.15, 0.2) is 10.6 Å². The van der Waals surface area contributed by atoms with Gasteiger partial charge in [-0.3, -0.25) is 19.2 Å². The van der Waals surface area contributed by atoms with Gasteiger partial charge in [0.25, 0.3) is 5.56 Å². The first-order valence-corrected chi connectivity index (χ1v) is 7.68. The number of phosphoric ester groups is 1. The number of phosphoric acid groups is 1. The van der Waals surface area contributed by atoms with E-state index in [1.165, 1.54) is 0 Å². The molecule has 0 spiro atoms. The number of nitrogens with two attached hydrogens (primary N) is 1. The van der Waals surface area contributed by atoms with Gasteiger partial charge < -0.3 is 20.1 Å². The summed E-state index contributed by atoms with van der Waals surface area (Å²) in [4.78, 5) is 35.1. The first kappa shape index (κ1) is 13.9. The van der Waals surface area contributed by atoms with E-state index in [1.807, 2.05) is 0 Å². The molecule has 2 unspecified atom stereocenters. The number of nitrogen functional groups attached to an aromatic ring is 1. The zero-order chi connectivity index (χ0) is 16.4. The summed E-state index contributed by atoms with van der Waals surface area (Å²) in [6.45, 7) is -0.336. The molecule has 5 N–H and O–H groups in total. The van der Waals surface area contributed by atoms with Crippen molar-refractivity contribution in [3.8, 4) is 5.88 Å². The van der Waals surface area contributed by atoms with Crippen molar-refractivity contribution in [2.24, 2.45) is 0 Å². The number of nitrogens with zero attached hydrogens (tertiary/aromatic N) is 3. The Kier molecular flexibility index (Phi) is 2.67. The van der Waals surface area contributed by atoms with Crippen molar-refractivity contribution < 1.29 is 28.3 Å². The minimum Gasteiger partial charge on any atom is -0.503 e. The molecule has 4 rings (SSSR count). The molecule has 1 fully saturated rings. The Bertz CT molecular complexity index is 985. The van der Waals surface area contributed by atoms with E-state index < -0.39 is 25.2 Å². The predicted molar refractivity (Wildman–Crippen MR) is 73.2 cm³/mol. The largest absolute Gasteiger partial charge is 0.527 e. The number of hydrogen-bond acceptors (Lipinski definition) is 10. The zero-order valence-electron chi connectivity index (χ0n) is 11.1. The van der Waals surface area contributed by atoms with E-state index in [1.54, 1.807) is 0 Å². The first-order valence-electron chi connectivity index (χ1n) is 6.19. The van der Waals surface area contributed by atoms with Gasteiger partial charge in [0.2, 0.25) is 11.8 Å². The van der Waals surface area contributed by atoms with Crippen molar-refractivity contribution in [3.63, 3.8) is 0 Å². The lowest BCUT2D eigenvalue weighted by Gasteiger charge is -2.31. The van der Waals surface area contributed by atoms with Crippen LogP contribution in [0.3, 0.4) is 0 Å². The van der Waals surface area contributed by atoms with Crippen LogP contribution in [0.1, 0.15) is 5.69 Å². The lowest BCUT2D eigenvalue weighted by Crippen LogP contribution is -2.34. The summed E-state index contributed by atoms with van der Waals surface area (Å²) in [6.07, 6.45) is -0.984. The van der Waals surface area contributed by atoms with Crippen molar-refractivity contribution in [1.82, 2.24) is 19.9 Å². The van der Waals surface area contributed by atoms with Gasteiger partial charge in [-0.15, -0.1) is 0 Å². The number of anilines is 1. The van der Waals surface area contributed by atoms with Gasteiger partial charge in [-0.1, -0.05) is 0 Å². The molecule has 2 aliphatic rings. The van der Waals surface area contributed by atoms with E-state index in [4.69, 9.17) is 15.0 Å². The van der Waals surface area contributed by atoms with Crippen molar-refractivity contribution in [2.75, 3.05) is 12.3 Å². The number of hydrogen-bond donors (Lipinski definition) is 4. The number of aromatic nitrogens is 4. The molecule has 2 aliphatic heterocycles. The van der Waals surface area contributed by atoms with Gasteiger partial charge >= 0.3 is 7.82 Å². The SMILES string of the molecule is Nc1nc2nc3c(nc2c(=O)[nH]1)C(O)=C1OP(=O)(O)OCC1O3. The lowest BCUT2D eigenvalue weighted by atomic mass is 10.2. The molecule has 0 radical (unpaired) electrons. The fourth-order valence-electron chi connectivity index (χ4n) is 2.18. The molecule has 120 valence electrons. The molecule has 1 saturated heterocycles. The van der Waals surface area contributed by atoms with Crippen LogP contribution in [0.25, 0.3) is 16.9 Å². The molecule has 13 heteroatoms. The van der Waals surface area contributed by atoms with Crippen molar-refractivity contribution >= 4 is 30.7 Å². The third-order valence-electron chi connectivity index (χ3n) is 3.14. The fourth-order valence-corrected chi connectivity index (χ4v) is 3.01. The van der Waals surface area contributed by atoms with Gasteiger partial charge in [0.15, 0.2) is 34.5 Å². The predicted octanol–water partition coefficient (Wildman–Crippen LogP) is -0.570. The van der Waals surface area contributed by atoms with Gasteiger partial charge in [0.05, 0.1) is 0 Å². The molecule has 2 aromatic rings. The van der Waals surface area contributed by atoms with E-state index >= 15 is 0 Å².